The molecule has 0 aliphatic heterocycles. The predicted octanol–water partition coefficient (Wildman–Crippen LogP) is 4.11. The SMILES string of the molecule is Cc1ccc(NC(=O)c2ccccc2)cc1NCC(=O)NC1CCCCC1. The van der Waals surface area contributed by atoms with Crippen LogP contribution in [-0.2, 0) is 4.79 Å². The summed E-state index contributed by atoms with van der Waals surface area (Å²) >= 11 is 0. The van der Waals surface area contributed by atoms with E-state index in [4.69, 9.17) is 0 Å². The molecule has 0 aromatic heterocycles. The van der Waals surface area contributed by atoms with Crippen LogP contribution in [0.4, 0.5) is 11.4 Å². The minimum atomic E-state index is -0.152. The molecule has 0 radical (unpaired) electrons. The molecule has 1 fully saturated rings. The van der Waals surface area contributed by atoms with Gasteiger partial charge in [0, 0.05) is 23.0 Å². The molecule has 1 saturated carbocycles. The van der Waals surface area contributed by atoms with Crippen molar-refractivity contribution in [1.29, 1.82) is 0 Å². The number of rotatable bonds is 6. The van der Waals surface area contributed by atoms with Crippen LogP contribution in [0.5, 0.6) is 0 Å². The summed E-state index contributed by atoms with van der Waals surface area (Å²) in [6.07, 6.45) is 5.81. The fourth-order valence-corrected chi connectivity index (χ4v) is 3.38. The summed E-state index contributed by atoms with van der Waals surface area (Å²) in [5.74, 6) is -0.138. The van der Waals surface area contributed by atoms with Crippen molar-refractivity contribution in [3.63, 3.8) is 0 Å². The molecule has 3 rings (SSSR count). The van der Waals surface area contributed by atoms with Gasteiger partial charge in [0.15, 0.2) is 0 Å². The van der Waals surface area contributed by atoms with Gasteiger partial charge in [-0.25, -0.2) is 0 Å². The van der Waals surface area contributed by atoms with E-state index in [1.807, 2.05) is 43.3 Å². The number of nitrogens with one attached hydrogen (secondary N) is 3. The van der Waals surface area contributed by atoms with Gasteiger partial charge in [-0.05, 0) is 49.6 Å². The maximum absolute atomic E-state index is 12.3. The Kier molecular flexibility index (Phi) is 6.47. The molecule has 2 aromatic rings. The monoisotopic (exact) mass is 365 g/mol. The average Bonchev–Trinajstić information content (AvgIpc) is 2.70. The lowest BCUT2D eigenvalue weighted by Crippen LogP contribution is -2.39. The molecule has 0 atom stereocenters. The first-order chi connectivity index (χ1) is 13.1. The molecule has 5 nitrogen and oxygen atoms in total. The van der Waals surface area contributed by atoms with Gasteiger partial charge in [0.2, 0.25) is 5.91 Å². The zero-order valence-electron chi connectivity index (χ0n) is 15.8. The standard InChI is InChI=1S/C22H27N3O2/c1-16-12-13-19(25-22(27)17-8-4-2-5-9-17)14-20(16)23-15-21(26)24-18-10-6-3-7-11-18/h2,4-5,8-9,12-14,18,23H,3,6-7,10-11,15H2,1H3,(H,24,26)(H,25,27). The molecule has 0 heterocycles. The van der Waals surface area contributed by atoms with Crippen molar-refractivity contribution in [2.24, 2.45) is 0 Å². The van der Waals surface area contributed by atoms with Crippen molar-refractivity contribution in [3.05, 3.63) is 59.7 Å². The maximum Gasteiger partial charge on any atom is 0.255 e. The zero-order valence-corrected chi connectivity index (χ0v) is 15.8. The first-order valence-electron chi connectivity index (χ1n) is 9.62. The number of carbonyl (C=O) groups excluding carboxylic acids is 2. The van der Waals surface area contributed by atoms with E-state index in [1.54, 1.807) is 12.1 Å². The topological polar surface area (TPSA) is 70.2 Å². The Morgan fingerprint density at radius 1 is 1.00 bits per heavy atom. The third kappa shape index (κ3) is 5.58. The van der Waals surface area contributed by atoms with E-state index in [0.717, 1.165) is 24.1 Å². The highest BCUT2D eigenvalue weighted by Gasteiger charge is 2.15. The van der Waals surface area contributed by atoms with Crippen LogP contribution in [0.25, 0.3) is 0 Å². The van der Waals surface area contributed by atoms with E-state index in [0.29, 0.717) is 17.3 Å². The van der Waals surface area contributed by atoms with Crippen molar-refractivity contribution in [3.8, 4) is 0 Å². The second kappa shape index (κ2) is 9.21. The van der Waals surface area contributed by atoms with E-state index in [1.165, 1.54) is 19.3 Å². The molecular formula is C22H27N3O2. The summed E-state index contributed by atoms with van der Waals surface area (Å²) in [5, 5.41) is 9.20. The summed E-state index contributed by atoms with van der Waals surface area (Å²) in [6, 6.07) is 15.1. The molecule has 1 aliphatic rings. The van der Waals surface area contributed by atoms with Crippen LogP contribution in [0.2, 0.25) is 0 Å². The van der Waals surface area contributed by atoms with Crippen molar-refractivity contribution >= 4 is 23.2 Å². The second-order valence-electron chi connectivity index (χ2n) is 7.11. The molecule has 1 aliphatic carbocycles. The lowest BCUT2D eigenvalue weighted by atomic mass is 9.95. The fraction of sp³-hybridized carbons (Fsp3) is 0.364. The molecule has 27 heavy (non-hydrogen) atoms. The minimum Gasteiger partial charge on any atom is -0.376 e. The van der Waals surface area contributed by atoms with Gasteiger partial charge in [0.1, 0.15) is 0 Å². The summed E-state index contributed by atoms with van der Waals surface area (Å²) in [5.41, 5.74) is 3.18. The van der Waals surface area contributed by atoms with Gasteiger partial charge < -0.3 is 16.0 Å². The highest BCUT2D eigenvalue weighted by molar-refractivity contribution is 6.04. The van der Waals surface area contributed by atoms with Gasteiger partial charge in [-0.1, -0.05) is 43.5 Å². The molecule has 0 spiro atoms. The van der Waals surface area contributed by atoms with Crippen LogP contribution in [0.1, 0.15) is 48.0 Å². The predicted molar refractivity (Wildman–Crippen MR) is 109 cm³/mol. The molecule has 0 bridgehead atoms. The Bertz CT molecular complexity index is 783. The molecule has 142 valence electrons. The molecular weight excluding hydrogens is 338 g/mol. The molecule has 0 unspecified atom stereocenters. The highest BCUT2D eigenvalue weighted by atomic mass is 16.2. The van der Waals surface area contributed by atoms with Crippen molar-refractivity contribution in [2.75, 3.05) is 17.2 Å². The Morgan fingerprint density at radius 2 is 1.74 bits per heavy atom. The van der Waals surface area contributed by atoms with E-state index in [9.17, 15) is 9.59 Å². The second-order valence-corrected chi connectivity index (χ2v) is 7.11. The number of anilines is 2. The Morgan fingerprint density at radius 3 is 2.48 bits per heavy atom. The van der Waals surface area contributed by atoms with Crippen LogP contribution >= 0.6 is 0 Å². The molecule has 3 N–H and O–H groups in total. The number of hydrogen-bond acceptors (Lipinski definition) is 3. The highest BCUT2D eigenvalue weighted by Crippen LogP contribution is 2.21. The molecule has 2 aromatic carbocycles. The number of aryl methyl sites for hydroxylation is 1. The van der Waals surface area contributed by atoms with Crippen LogP contribution < -0.4 is 16.0 Å². The number of hydrogen-bond donors (Lipinski definition) is 3. The Labute approximate surface area is 160 Å². The summed E-state index contributed by atoms with van der Waals surface area (Å²) in [6.45, 7) is 2.21. The minimum absolute atomic E-state index is 0.0139. The summed E-state index contributed by atoms with van der Waals surface area (Å²) < 4.78 is 0. The first kappa shape index (κ1) is 19.0. The van der Waals surface area contributed by atoms with Gasteiger partial charge >= 0.3 is 0 Å². The lowest BCUT2D eigenvalue weighted by molar-refractivity contribution is -0.120. The number of benzene rings is 2. The Hall–Kier alpha value is -2.82. The van der Waals surface area contributed by atoms with E-state index in [-0.39, 0.29) is 18.4 Å². The van der Waals surface area contributed by atoms with Crippen LogP contribution in [0, 0.1) is 6.92 Å². The van der Waals surface area contributed by atoms with Gasteiger partial charge in [-0.3, -0.25) is 9.59 Å². The van der Waals surface area contributed by atoms with Crippen molar-refractivity contribution < 1.29 is 9.59 Å². The third-order valence-electron chi connectivity index (χ3n) is 4.94. The number of amides is 2. The van der Waals surface area contributed by atoms with Crippen molar-refractivity contribution in [1.82, 2.24) is 5.32 Å². The first-order valence-corrected chi connectivity index (χ1v) is 9.62. The van der Waals surface area contributed by atoms with E-state index in [2.05, 4.69) is 16.0 Å². The average molecular weight is 365 g/mol. The van der Waals surface area contributed by atoms with Crippen LogP contribution in [0.3, 0.4) is 0 Å². The van der Waals surface area contributed by atoms with Gasteiger partial charge in [-0.15, -0.1) is 0 Å². The van der Waals surface area contributed by atoms with Gasteiger partial charge in [0.05, 0.1) is 6.54 Å². The largest absolute Gasteiger partial charge is 0.376 e. The fourth-order valence-electron chi connectivity index (χ4n) is 3.38. The van der Waals surface area contributed by atoms with Crippen LogP contribution in [-0.4, -0.2) is 24.4 Å². The summed E-state index contributed by atoms with van der Waals surface area (Å²) in [4.78, 5) is 24.5. The van der Waals surface area contributed by atoms with Crippen molar-refractivity contribution in [2.45, 2.75) is 45.1 Å². The van der Waals surface area contributed by atoms with Gasteiger partial charge in [0.25, 0.3) is 5.91 Å². The lowest BCUT2D eigenvalue weighted by Gasteiger charge is -2.23. The van der Waals surface area contributed by atoms with E-state index >= 15 is 0 Å². The smallest absolute Gasteiger partial charge is 0.255 e. The van der Waals surface area contributed by atoms with Gasteiger partial charge in [-0.2, -0.15) is 0 Å². The Balaban J connectivity index is 1.56. The third-order valence-corrected chi connectivity index (χ3v) is 4.94. The van der Waals surface area contributed by atoms with E-state index < -0.39 is 0 Å². The molecule has 2 amide bonds. The quantitative estimate of drug-likeness (QED) is 0.721. The summed E-state index contributed by atoms with van der Waals surface area (Å²) in [7, 11) is 0. The number of carbonyl (C=O) groups is 2. The molecule has 0 saturated heterocycles. The van der Waals surface area contributed by atoms with Crippen LogP contribution in [0.15, 0.2) is 48.5 Å². The maximum atomic E-state index is 12.3. The zero-order chi connectivity index (χ0) is 19.1. The molecule has 5 heteroatoms. The normalized spacial score (nSPS) is 14.4.